The third kappa shape index (κ3) is 5.77. The van der Waals surface area contributed by atoms with Gasteiger partial charge in [-0.2, -0.15) is 4.72 Å². The summed E-state index contributed by atoms with van der Waals surface area (Å²) in [6, 6.07) is 8.91. The maximum atomic E-state index is 13.3. The second kappa shape index (κ2) is 9.16. The van der Waals surface area contributed by atoms with Crippen LogP contribution in [0.3, 0.4) is 0 Å². The molecule has 0 aromatic heterocycles. The monoisotopic (exact) mass is 408 g/mol. The number of halogens is 1. The number of hydrogen-bond acceptors (Lipinski definition) is 4. The second-order valence-electron chi connectivity index (χ2n) is 6.93. The number of ether oxygens (including phenoxy) is 1. The fourth-order valence-corrected chi connectivity index (χ4v) is 3.89. The maximum Gasteiger partial charge on any atom is 0.242 e. The molecule has 0 saturated heterocycles. The molecule has 0 aliphatic rings. The van der Waals surface area contributed by atoms with Crippen molar-refractivity contribution in [2.24, 2.45) is 5.92 Å². The van der Waals surface area contributed by atoms with Crippen LogP contribution in [0.2, 0.25) is 0 Å². The first-order valence-electron chi connectivity index (χ1n) is 8.86. The maximum absolute atomic E-state index is 13.3. The van der Waals surface area contributed by atoms with Crippen molar-refractivity contribution >= 4 is 21.6 Å². The van der Waals surface area contributed by atoms with Crippen molar-refractivity contribution in [3.05, 3.63) is 53.8 Å². The van der Waals surface area contributed by atoms with Crippen LogP contribution in [0, 0.1) is 18.7 Å². The number of methoxy groups -OCH3 is 1. The highest BCUT2D eigenvalue weighted by molar-refractivity contribution is 7.89. The second-order valence-corrected chi connectivity index (χ2v) is 8.64. The Hall–Kier alpha value is -2.45. The first kappa shape index (κ1) is 21.8. The molecule has 0 aliphatic heterocycles. The molecule has 0 aliphatic carbocycles. The predicted octanol–water partition coefficient (Wildman–Crippen LogP) is 3.47. The minimum atomic E-state index is -3.91. The van der Waals surface area contributed by atoms with Gasteiger partial charge in [-0.1, -0.05) is 13.8 Å². The third-order valence-corrected chi connectivity index (χ3v) is 5.62. The first-order valence-corrected chi connectivity index (χ1v) is 10.3. The van der Waals surface area contributed by atoms with Gasteiger partial charge in [-0.15, -0.1) is 0 Å². The van der Waals surface area contributed by atoms with Gasteiger partial charge in [-0.3, -0.25) is 4.79 Å². The lowest BCUT2D eigenvalue weighted by Crippen LogP contribution is -2.44. The molecule has 0 spiro atoms. The lowest BCUT2D eigenvalue weighted by atomic mass is 10.0. The normalized spacial score (nSPS) is 12.6. The van der Waals surface area contributed by atoms with Gasteiger partial charge in [0.2, 0.25) is 15.9 Å². The number of aryl methyl sites for hydroxylation is 1. The molecular formula is C20H25FN2O4S. The van der Waals surface area contributed by atoms with Gasteiger partial charge in [0.15, 0.2) is 0 Å². The van der Waals surface area contributed by atoms with Crippen LogP contribution in [0.25, 0.3) is 0 Å². The number of benzene rings is 2. The molecule has 0 unspecified atom stereocenters. The number of sulfonamides is 1. The lowest BCUT2D eigenvalue weighted by molar-refractivity contribution is -0.118. The van der Waals surface area contributed by atoms with E-state index in [9.17, 15) is 17.6 Å². The van der Waals surface area contributed by atoms with Crippen molar-refractivity contribution in [1.82, 2.24) is 4.72 Å². The Morgan fingerprint density at radius 3 is 2.32 bits per heavy atom. The number of anilines is 1. The molecule has 152 valence electrons. The molecule has 0 fully saturated rings. The highest BCUT2D eigenvalue weighted by Gasteiger charge is 2.27. The van der Waals surface area contributed by atoms with Crippen molar-refractivity contribution in [2.45, 2.75) is 38.1 Å². The summed E-state index contributed by atoms with van der Waals surface area (Å²) >= 11 is 0. The number of hydrogen-bond donors (Lipinski definition) is 2. The minimum Gasteiger partial charge on any atom is -0.497 e. The number of nitrogens with one attached hydrogen (secondary N) is 2. The largest absolute Gasteiger partial charge is 0.497 e. The van der Waals surface area contributed by atoms with Gasteiger partial charge in [0.25, 0.3) is 0 Å². The van der Waals surface area contributed by atoms with Crippen LogP contribution in [0.4, 0.5) is 10.1 Å². The van der Waals surface area contributed by atoms with E-state index in [1.807, 2.05) is 13.8 Å². The van der Waals surface area contributed by atoms with E-state index in [-0.39, 0.29) is 10.8 Å². The van der Waals surface area contributed by atoms with E-state index in [4.69, 9.17) is 4.74 Å². The molecule has 0 saturated carbocycles. The first-order chi connectivity index (χ1) is 13.1. The molecule has 0 bridgehead atoms. The van der Waals surface area contributed by atoms with E-state index in [1.165, 1.54) is 49.6 Å². The predicted molar refractivity (Wildman–Crippen MR) is 106 cm³/mol. The minimum absolute atomic E-state index is 0.0350. The van der Waals surface area contributed by atoms with Crippen molar-refractivity contribution in [3.63, 3.8) is 0 Å². The van der Waals surface area contributed by atoms with E-state index in [0.717, 1.165) is 0 Å². The number of carbonyl (C=O) groups excluding carboxylic acids is 1. The van der Waals surface area contributed by atoms with Gasteiger partial charge in [-0.25, -0.2) is 12.8 Å². The Morgan fingerprint density at radius 1 is 1.14 bits per heavy atom. The molecule has 6 nitrogen and oxygen atoms in total. The van der Waals surface area contributed by atoms with Crippen LogP contribution in [-0.2, 0) is 14.8 Å². The Labute approximate surface area is 165 Å². The van der Waals surface area contributed by atoms with Gasteiger partial charge in [-0.05, 0) is 67.3 Å². The van der Waals surface area contributed by atoms with Crippen LogP contribution in [0.5, 0.6) is 5.75 Å². The fraction of sp³-hybridized carbons (Fsp3) is 0.350. The van der Waals surface area contributed by atoms with Gasteiger partial charge in [0.05, 0.1) is 12.0 Å². The molecule has 0 heterocycles. The summed E-state index contributed by atoms with van der Waals surface area (Å²) in [4.78, 5) is 12.8. The van der Waals surface area contributed by atoms with Crippen LogP contribution in [0.1, 0.15) is 25.8 Å². The average molecular weight is 408 g/mol. The molecule has 0 radical (unpaired) electrons. The average Bonchev–Trinajstić information content (AvgIpc) is 2.63. The van der Waals surface area contributed by atoms with Crippen molar-refractivity contribution in [1.29, 1.82) is 0 Å². The number of rotatable bonds is 8. The van der Waals surface area contributed by atoms with Crippen LogP contribution in [-0.4, -0.2) is 27.5 Å². The Balaban J connectivity index is 2.22. The van der Waals surface area contributed by atoms with E-state index in [2.05, 4.69) is 10.0 Å². The SMILES string of the molecule is COc1ccc(S(=O)(=O)N[C@@H](CC(C)C)C(=O)Nc2ccc(F)cc2C)cc1. The third-order valence-electron chi connectivity index (χ3n) is 4.14. The molecule has 1 amide bonds. The molecule has 1 atom stereocenters. The Kier molecular flexibility index (Phi) is 7.15. The lowest BCUT2D eigenvalue weighted by Gasteiger charge is -2.21. The molecule has 2 aromatic carbocycles. The van der Waals surface area contributed by atoms with Crippen molar-refractivity contribution in [2.75, 3.05) is 12.4 Å². The van der Waals surface area contributed by atoms with Gasteiger partial charge < -0.3 is 10.1 Å². The highest BCUT2D eigenvalue weighted by Crippen LogP contribution is 2.19. The summed E-state index contributed by atoms with van der Waals surface area (Å²) in [6.45, 7) is 5.45. The van der Waals surface area contributed by atoms with Crippen molar-refractivity contribution in [3.8, 4) is 5.75 Å². The van der Waals surface area contributed by atoms with Gasteiger partial charge >= 0.3 is 0 Å². The van der Waals surface area contributed by atoms with E-state index in [1.54, 1.807) is 6.92 Å². The number of amides is 1. The van der Waals surface area contributed by atoms with Gasteiger partial charge in [0, 0.05) is 5.69 Å². The molecule has 8 heteroatoms. The van der Waals surface area contributed by atoms with E-state index < -0.39 is 27.8 Å². The molecule has 28 heavy (non-hydrogen) atoms. The highest BCUT2D eigenvalue weighted by atomic mass is 32.2. The van der Waals surface area contributed by atoms with Crippen molar-refractivity contribution < 1.29 is 22.3 Å². The zero-order valence-corrected chi connectivity index (χ0v) is 17.1. The van der Waals surface area contributed by atoms with Gasteiger partial charge in [0.1, 0.15) is 17.6 Å². The summed E-state index contributed by atoms with van der Waals surface area (Å²) in [5.74, 6) is -0.305. The van der Waals surface area contributed by atoms with Crippen LogP contribution in [0.15, 0.2) is 47.4 Å². The molecular weight excluding hydrogens is 383 g/mol. The Morgan fingerprint density at radius 2 is 1.79 bits per heavy atom. The quantitative estimate of drug-likeness (QED) is 0.700. The zero-order chi connectivity index (χ0) is 20.9. The zero-order valence-electron chi connectivity index (χ0n) is 16.3. The smallest absolute Gasteiger partial charge is 0.242 e. The standard InChI is InChI=1S/C20H25FN2O4S/c1-13(2)11-19(20(24)22-18-10-5-15(21)12-14(18)3)23-28(25,26)17-8-6-16(27-4)7-9-17/h5-10,12-13,19,23H,11H2,1-4H3,(H,22,24)/t19-/m0/s1. The molecule has 2 rings (SSSR count). The summed E-state index contributed by atoms with van der Waals surface area (Å²) < 4.78 is 46.2. The summed E-state index contributed by atoms with van der Waals surface area (Å²) in [6.07, 6.45) is 0.307. The topological polar surface area (TPSA) is 84.5 Å². The molecule has 2 aromatic rings. The summed E-state index contributed by atoms with van der Waals surface area (Å²) in [5, 5.41) is 2.68. The number of carbonyl (C=O) groups is 1. The molecule has 2 N–H and O–H groups in total. The summed E-state index contributed by atoms with van der Waals surface area (Å²) in [7, 11) is -2.42. The van der Waals surface area contributed by atoms with E-state index in [0.29, 0.717) is 23.4 Å². The fourth-order valence-electron chi connectivity index (χ4n) is 2.68. The van der Waals surface area contributed by atoms with Crippen LogP contribution < -0.4 is 14.8 Å². The van der Waals surface area contributed by atoms with Crippen LogP contribution >= 0.6 is 0 Å². The summed E-state index contributed by atoms with van der Waals surface area (Å²) in [5.41, 5.74) is 0.985. The Bertz CT molecular complexity index is 928. The van der Waals surface area contributed by atoms with E-state index >= 15 is 0 Å².